The molecule has 0 atom stereocenters. The van der Waals surface area contributed by atoms with Crippen molar-refractivity contribution in [2.75, 3.05) is 65.6 Å². The van der Waals surface area contributed by atoms with Crippen LogP contribution in [0.2, 0.25) is 0 Å². The molecule has 4 rings (SSSR count). The normalized spacial score (nSPS) is 15.8. The highest BCUT2D eigenvalue weighted by Gasteiger charge is 2.35. The molecule has 2 saturated heterocycles. The van der Waals surface area contributed by atoms with Gasteiger partial charge < -0.3 is 34.6 Å². The summed E-state index contributed by atoms with van der Waals surface area (Å²) in [4.78, 5) is 40.1. The first-order valence-corrected chi connectivity index (χ1v) is 18.4. The van der Waals surface area contributed by atoms with Crippen LogP contribution < -0.4 is 14.8 Å². The molecule has 0 aromatic heterocycles. The molecule has 2 aliphatic heterocycles. The molecule has 2 aromatic carbocycles. The van der Waals surface area contributed by atoms with Crippen molar-refractivity contribution < 1.29 is 65.1 Å². The molecule has 0 aliphatic carbocycles. The minimum atomic E-state index is -4.56. The Balaban J connectivity index is 0.000000586. The highest BCUT2D eigenvalue weighted by molar-refractivity contribution is 5.74. The molecule has 18 heteroatoms. The predicted molar refractivity (Wildman–Crippen MR) is 211 cm³/mol. The molecule has 2 aliphatic rings. The number of carbonyl (C=O) groups is 3. The number of hydrogen-bond donors (Lipinski definition) is 3. The molecule has 0 unspecified atom stereocenters. The Morgan fingerprint density at radius 2 is 0.983 bits per heavy atom. The first-order valence-electron chi connectivity index (χ1n) is 18.4. The summed E-state index contributed by atoms with van der Waals surface area (Å²) in [5.74, 6) is -2.17. The number of rotatable bonds is 12. The zero-order valence-electron chi connectivity index (χ0n) is 33.4. The van der Waals surface area contributed by atoms with Gasteiger partial charge in [-0.2, -0.15) is 26.3 Å². The van der Waals surface area contributed by atoms with E-state index in [1.54, 1.807) is 31.7 Å². The molecule has 3 N–H and O–H groups in total. The van der Waals surface area contributed by atoms with E-state index in [9.17, 15) is 45.8 Å². The van der Waals surface area contributed by atoms with Crippen molar-refractivity contribution >= 4 is 18.0 Å². The Morgan fingerprint density at radius 1 is 0.610 bits per heavy atom. The van der Waals surface area contributed by atoms with E-state index in [1.807, 2.05) is 4.90 Å². The van der Waals surface area contributed by atoms with Gasteiger partial charge in [0.25, 0.3) is 0 Å². The number of halogens is 6. The van der Waals surface area contributed by atoms with Gasteiger partial charge in [0.15, 0.2) is 0 Å². The van der Waals surface area contributed by atoms with Crippen LogP contribution in [0, 0.1) is 10.8 Å². The smallest absolute Gasteiger partial charge is 0.416 e. The Bertz CT molecular complexity index is 1680. The minimum absolute atomic E-state index is 0. The maximum absolute atomic E-state index is 13.4. The SMILES string of the molecule is C.C.CC(C)(C)OC(=O)N1CCN(Cc2cc(OCC(C)(C)C(=O)O)cc(C(F)(F)F)c2)CC1.CC(C)(COc1cc(CN2CCNCC2)cc(C(F)(F)F)c1)C(=O)O. The molecule has 12 nitrogen and oxygen atoms in total. The van der Waals surface area contributed by atoms with Gasteiger partial charge in [0.05, 0.1) is 22.0 Å². The van der Waals surface area contributed by atoms with Crippen molar-refractivity contribution in [3.8, 4) is 11.5 Å². The first-order chi connectivity index (χ1) is 26.1. The van der Waals surface area contributed by atoms with Crippen LogP contribution in [0.4, 0.5) is 31.1 Å². The van der Waals surface area contributed by atoms with E-state index in [0.29, 0.717) is 43.9 Å². The molecular formula is C41H62F6N4O8. The first kappa shape index (κ1) is 52.7. The molecule has 0 saturated carbocycles. The largest absolute Gasteiger partial charge is 0.492 e. The van der Waals surface area contributed by atoms with E-state index in [2.05, 4.69) is 10.2 Å². The maximum atomic E-state index is 13.4. The summed E-state index contributed by atoms with van der Waals surface area (Å²) in [5.41, 5.74) is -3.78. The summed E-state index contributed by atoms with van der Waals surface area (Å²) < 4.78 is 95.8. The molecule has 0 radical (unpaired) electrons. The van der Waals surface area contributed by atoms with Crippen LogP contribution in [0.1, 0.15) is 85.6 Å². The molecule has 2 aromatic rings. The van der Waals surface area contributed by atoms with Crippen molar-refractivity contribution in [3.05, 3.63) is 58.7 Å². The second kappa shape index (κ2) is 21.3. The molecular weight excluding hydrogens is 790 g/mol. The zero-order chi connectivity index (χ0) is 43.0. The van der Waals surface area contributed by atoms with Crippen molar-refractivity contribution in [1.29, 1.82) is 0 Å². The molecule has 2 fully saturated rings. The molecule has 0 spiro atoms. The van der Waals surface area contributed by atoms with E-state index in [1.165, 1.54) is 33.8 Å². The highest BCUT2D eigenvalue weighted by atomic mass is 19.4. The molecule has 2 heterocycles. The van der Waals surface area contributed by atoms with Gasteiger partial charge in [-0.3, -0.25) is 19.4 Å². The third kappa shape index (κ3) is 17.5. The topological polar surface area (TPSA) is 141 Å². The lowest BCUT2D eigenvalue weighted by molar-refractivity contribution is -0.149. The number of nitrogens with one attached hydrogen (secondary N) is 1. The Hall–Kier alpha value is -4.29. The molecule has 336 valence electrons. The van der Waals surface area contributed by atoms with Gasteiger partial charge in [-0.05, 0) is 96.0 Å². The average Bonchev–Trinajstić information content (AvgIpc) is 3.09. The van der Waals surface area contributed by atoms with Crippen LogP contribution in [0.25, 0.3) is 0 Å². The summed E-state index contributed by atoms with van der Waals surface area (Å²) in [6.45, 7) is 16.2. The fourth-order valence-electron chi connectivity index (χ4n) is 5.45. The second-order valence-corrected chi connectivity index (χ2v) is 16.5. The number of amides is 1. The van der Waals surface area contributed by atoms with Crippen LogP contribution in [0.3, 0.4) is 0 Å². The summed E-state index contributed by atoms with van der Waals surface area (Å²) in [5, 5.41) is 21.5. The fourth-order valence-corrected chi connectivity index (χ4v) is 5.45. The van der Waals surface area contributed by atoms with Crippen LogP contribution in [0.5, 0.6) is 11.5 Å². The van der Waals surface area contributed by atoms with Gasteiger partial charge in [0.1, 0.15) is 30.3 Å². The van der Waals surface area contributed by atoms with E-state index in [0.717, 1.165) is 50.4 Å². The predicted octanol–water partition coefficient (Wildman–Crippen LogP) is 8.12. The third-order valence-corrected chi connectivity index (χ3v) is 8.99. The van der Waals surface area contributed by atoms with Gasteiger partial charge in [0, 0.05) is 65.4 Å². The summed E-state index contributed by atoms with van der Waals surface area (Å²) in [6.07, 6.45) is -9.46. The van der Waals surface area contributed by atoms with Crippen molar-refractivity contribution in [2.45, 2.75) is 94.4 Å². The van der Waals surface area contributed by atoms with Gasteiger partial charge in [-0.15, -0.1) is 0 Å². The third-order valence-electron chi connectivity index (χ3n) is 8.99. The maximum Gasteiger partial charge on any atom is 0.416 e. The number of carboxylic acids is 2. The van der Waals surface area contributed by atoms with Gasteiger partial charge in [-0.25, -0.2) is 4.79 Å². The number of ether oxygens (including phenoxy) is 3. The van der Waals surface area contributed by atoms with Crippen LogP contribution in [-0.2, 0) is 39.8 Å². The zero-order valence-corrected chi connectivity index (χ0v) is 33.4. The van der Waals surface area contributed by atoms with E-state index >= 15 is 0 Å². The molecule has 1 amide bonds. The number of carboxylic acid groups (broad SMARTS) is 2. The van der Waals surface area contributed by atoms with E-state index < -0.39 is 57.9 Å². The molecule has 0 bridgehead atoms. The van der Waals surface area contributed by atoms with Crippen molar-refractivity contribution in [3.63, 3.8) is 0 Å². The summed E-state index contributed by atoms with van der Waals surface area (Å²) in [7, 11) is 0. The lowest BCUT2D eigenvalue weighted by Gasteiger charge is -2.35. The lowest BCUT2D eigenvalue weighted by Crippen LogP contribution is -2.49. The highest BCUT2D eigenvalue weighted by Crippen LogP contribution is 2.35. The quantitative estimate of drug-likeness (QED) is 0.178. The van der Waals surface area contributed by atoms with Crippen LogP contribution >= 0.6 is 0 Å². The number of hydrogen-bond acceptors (Lipinski definition) is 9. The number of alkyl halides is 6. The Morgan fingerprint density at radius 3 is 1.32 bits per heavy atom. The molecule has 59 heavy (non-hydrogen) atoms. The van der Waals surface area contributed by atoms with Gasteiger partial charge in [0.2, 0.25) is 0 Å². The average molecular weight is 853 g/mol. The second-order valence-electron chi connectivity index (χ2n) is 16.5. The number of aliphatic carboxylic acids is 2. The number of benzene rings is 2. The van der Waals surface area contributed by atoms with Crippen molar-refractivity contribution in [1.82, 2.24) is 20.0 Å². The van der Waals surface area contributed by atoms with Gasteiger partial charge in [-0.1, -0.05) is 14.9 Å². The number of carbonyl (C=O) groups excluding carboxylic acids is 1. The van der Waals surface area contributed by atoms with Crippen LogP contribution in [-0.4, -0.2) is 114 Å². The Kier molecular flexibility index (Phi) is 19.0. The summed E-state index contributed by atoms with van der Waals surface area (Å²) in [6, 6.07) is 7.02. The van der Waals surface area contributed by atoms with Crippen molar-refractivity contribution in [2.24, 2.45) is 10.8 Å². The Labute approximate surface area is 343 Å². The lowest BCUT2D eigenvalue weighted by atomic mass is 9.95. The monoisotopic (exact) mass is 852 g/mol. The number of nitrogens with zero attached hydrogens (tertiary/aromatic N) is 3. The van der Waals surface area contributed by atoms with Crippen LogP contribution in [0.15, 0.2) is 36.4 Å². The number of piperazine rings is 2. The van der Waals surface area contributed by atoms with E-state index in [4.69, 9.17) is 19.3 Å². The fraction of sp³-hybridized carbons (Fsp3) is 0.634. The van der Waals surface area contributed by atoms with E-state index in [-0.39, 0.29) is 46.1 Å². The standard InChI is InChI=1S/C22H31F3N2O5.C17H23F3N2O3.2CH4/c1-20(2,3)32-19(30)27-8-6-26(7-9-27)13-15-10-16(22(23,24)25)12-17(11-15)31-14-21(4,5)18(28)29;1-16(2,15(23)24)11-25-14-8-12(7-13(9-14)17(18,19)20)10-22-5-3-21-4-6-22;;/h10-12H,6-9,13-14H2,1-5H3,(H,28,29);7-9,21H,3-6,10-11H2,1-2H3,(H,23,24);2*1H4. The van der Waals surface area contributed by atoms with Gasteiger partial charge >= 0.3 is 30.4 Å². The summed E-state index contributed by atoms with van der Waals surface area (Å²) >= 11 is 0. The minimum Gasteiger partial charge on any atom is -0.492 e.